The Bertz CT molecular complexity index is 320. The van der Waals surface area contributed by atoms with Crippen LogP contribution in [0, 0.1) is 5.92 Å². The predicted molar refractivity (Wildman–Crippen MR) is 81.1 cm³/mol. The zero-order valence-corrected chi connectivity index (χ0v) is 12.6. The molecule has 1 aliphatic carbocycles. The summed E-state index contributed by atoms with van der Waals surface area (Å²) >= 11 is 1.87. The zero-order chi connectivity index (χ0) is 12.8. The van der Waals surface area contributed by atoms with Gasteiger partial charge in [-0.1, -0.05) is 38.7 Å². The maximum absolute atomic E-state index is 3.83. The molecule has 1 fully saturated rings. The summed E-state index contributed by atoms with van der Waals surface area (Å²) < 4.78 is 0. The van der Waals surface area contributed by atoms with Gasteiger partial charge in [0.15, 0.2) is 0 Å². The lowest BCUT2D eigenvalue weighted by atomic mass is 9.95. The van der Waals surface area contributed by atoms with Crippen LogP contribution in [0.5, 0.6) is 0 Å². The van der Waals surface area contributed by atoms with Gasteiger partial charge in [0.25, 0.3) is 0 Å². The van der Waals surface area contributed by atoms with Gasteiger partial charge in [0.2, 0.25) is 0 Å². The Kier molecular flexibility index (Phi) is 5.71. The minimum atomic E-state index is 0.526. The van der Waals surface area contributed by atoms with Gasteiger partial charge in [-0.2, -0.15) is 0 Å². The topological polar surface area (TPSA) is 12.0 Å². The molecular formula is C16H27NS. The van der Waals surface area contributed by atoms with Crippen LogP contribution in [0.2, 0.25) is 0 Å². The molecule has 18 heavy (non-hydrogen) atoms. The Morgan fingerprint density at radius 2 is 2.22 bits per heavy atom. The molecule has 1 aromatic heterocycles. The molecule has 2 unspecified atom stereocenters. The van der Waals surface area contributed by atoms with Crippen molar-refractivity contribution in [3.8, 4) is 0 Å². The Labute approximate surface area is 116 Å². The highest BCUT2D eigenvalue weighted by atomic mass is 32.1. The lowest BCUT2D eigenvalue weighted by Gasteiger charge is -2.21. The van der Waals surface area contributed by atoms with Gasteiger partial charge in [0.1, 0.15) is 0 Å². The summed E-state index contributed by atoms with van der Waals surface area (Å²) in [6, 6.07) is 5.67. The van der Waals surface area contributed by atoms with E-state index in [-0.39, 0.29) is 0 Å². The third-order valence-electron chi connectivity index (χ3n) is 4.24. The summed E-state index contributed by atoms with van der Waals surface area (Å²) in [7, 11) is 0. The quantitative estimate of drug-likeness (QED) is 0.726. The molecule has 0 spiro atoms. The number of thiophene rings is 1. The fourth-order valence-corrected chi connectivity index (χ4v) is 3.96. The standard InChI is InChI=1S/C16H27NS/c1-3-6-14-7-4-8-15(11-10-14)17-13(2)16-9-5-12-18-16/h5,9,12-15,17H,3-4,6-8,10-11H2,1-2H3/t13-,14?,15?/m0/s1. The molecule has 0 aliphatic heterocycles. The fraction of sp³-hybridized carbons (Fsp3) is 0.750. The zero-order valence-electron chi connectivity index (χ0n) is 11.8. The van der Waals surface area contributed by atoms with Crippen molar-refractivity contribution >= 4 is 11.3 Å². The molecule has 0 radical (unpaired) electrons. The van der Waals surface area contributed by atoms with Crippen LogP contribution in [0.1, 0.15) is 69.7 Å². The molecule has 102 valence electrons. The van der Waals surface area contributed by atoms with Crippen molar-refractivity contribution in [3.63, 3.8) is 0 Å². The van der Waals surface area contributed by atoms with Gasteiger partial charge in [-0.15, -0.1) is 11.3 Å². The van der Waals surface area contributed by atoms with Crippen LogP contribution in [0.3, 0.4) is 0 Å². The highest BCUT2D eigenvalue weighted by Crippen LogP contribution is 2.28. The van der Waals surface area contributed by atoms with Crippen molar-refractivity contribution in [1.82, 2.24) is 5.32 Å². The molecule has 1 saturated carbocycles. The van der Waals surface area contributed by atoms with Crippen LogP contribution in [-0.2, 0) is 0 Å². The van der Waals surface area contributed by atoms with Crippen LogP contribution < -0.4 is 5.32 Å². The highest BCUT2D eigenvalue weighted by molar-refractivity contribution is 7.10. The van der Waals surface area contributed by atoms with E-state index in [9.17, 15) is 0 Å². The van der Waals surface area contributed by atoms with Crippen molar-refractivity contribution in [1.29, 1.82) is 0 Å². The van der Waals surface area contributed by atoms with Crippen LogP contribution in [0.25, 0.3) is 0 Å². The number of rotatable bonds is 5. The molecule has 0 amide bonds. The molecule has 3 atom stereocenters. The molecule has 2 rings (SSSR count). The van der Waals surface area contributed by atoms with Crippen LogP contribution in [0.15, 0.2) is 17.5 Å². The van der Waals surface area contributed by atoms with Crippen molar-refractivity contribution in [2.24, 2.45) is 5.92 Å². The molecule has 0 aromatic carbocycles. The van der Waals surface area contributed by atoms with E-state index in [0.717, 1.165) is 12.0 Å². The molecule has 1 aliphatic rings. The molecular weight excluding hydrogens is 238 g/mol. The van der Waals surface area contributed by atoms with Crippen LogP contribution in [0.4, 0.5) is 0 Å². The van der Waals surface area contributed by atoms with Crippen molar-refractivity contribution in [2.75, 3.05) is 0 Å². The molecule has 1 nitrogen and oxygen atoms in total. The molecule has 1 N–H and O–H groups in total. The summed E-state index contributed by atoms with van der Waals surface area (Å²) in [5, 5.41) is 6.01. The second-order valence-electron chi connectivity index (χ2n) is 5.76. The summed E-state index contributed by atoms with van der Waals surface area (Å²) in [5.74, 6) is 0.999. The Hall–Kier alpha value is -0.340. The van der Waals surface area contributed by atoms with Gasteiger partial charge in [-0.3, -0.25) is 0 Å². The first-order chi connectivity index (χ1) is 8.79. The Morgan fingerprint density at radius 1 is 1.33 bits per heavy atom. The van der Waals surface area contributed by atoms with Gasteiger partial charge < -0.3 is 5.32 Å². The maximum atomic E-state index is 3.83. The summed E-state index contributed by atoms with van der Waals surface area (Å²) in [4.78, 5) is 1.48. The van der Waals surface area contributed by atoms with Crippen molar-refractivity contribution in [2.45, 2.75) is 70.9 Å². The largest absolute Gasteiger partial charge is 0.307 e. The van der Waals surface area contributed by atoms with E-state index in [1.165, 1.54) is 49.8 Å². The van der Waals surface area contributed by atoms with E-state index in [0.29, 0.717) is 6.04 Å². The highest BCUT2D eigenvalue weighted by Gasteiger charge is 2.20. The first-order valence-corrected chi connectivity index (χ1v) is 8.47. The SMILES string of the molecule is CCCC1CCCC(N[C@@H](C)c2cccs2)CC1. The van der Waals surface area contributed by atoms with E-state index in [4.69, 9.17) is 0 Å². The molecule has 0 bridgehead atoms. The minimum Gasteiger partial charge on any atom is -0.307 e. The van der Waals surface area contributed by atoms with Gasteiger partial charge >= 0.3 is 0 Å². The average molecular weight is 265 g/mol. The lowest BCUT2D eigenvalue weighted by Crippen LogP contribution is -2.30. The first-order valence-electron chi connectivity index (χ1n) is 7.59. The number of hydrogen-bond acceptors (Lipinski definition) is 2. The van der Waals surface area contributed by atoms with Gasteiger partial charge in [-0.25, -0.2) is 0 Å². The molecule has 1 heterocycles. The van der Waals surface area contributed by atoms with Crippen molar-refractivity contribution < 1.29 is 0 Å². The lowest BCUT2D eigenvalue weighted by molar-refractivity contribution is 0.394. The normalized spacial score (nSPS) is 26.8. The van der Waals surface area contributed by atoms with E-state index in [2.05, 4.69) is 36.7 Å². The van der Waals surface area contributed by atoms with E-state index < -0.39 is 0 Å². The van der Waals surface area contributed by atoms with E-state index in [1.807, 2.05) is 11.3 Å². The minimum absolute atomic E-state index is 0.526. The van der Waals surface area contributed by atoms with Crippen molar-refractivity contribution in [3.05, 3.63) is 22.4 Å². The summed E-state index contributed by atoms with van der Waals surface area (Å²) in [5.41, 5.74) is 0. The third kappa shape index (κ3) is 4.10. The van der Waals surface area contributed by atoms with Crippen LogP contribution >= 0.6 is 11.3 Å². The van der Waals surface area contributed by atoms with Gasteiger partial charge in [0, 0.05) is 17.0 Å². The second-order valence-corrected chi connectivity index (χ2v) is 6.74. The molecule has 1 aromatic rings. The maximum Gasteiger partial charge on any atom is 0.0388 e. The third-order valence-corrected chi connectivity index (χ3v) is 5.30. The second kappa shape index (κ2) is 7.30. The monoisotopic (exact) mass is 265 g/mol. The van der Waals surface area contributed by atoms with Gasteiger partial charge in [0.05, 0.1) is 0 Å². The summed E-state index contributed by atoms with van der Waals surface area (Å²) in [6.07, 6.45) is 9.85. The average Bonchev–Trinajstić information content (AvgIpc) is 2.81. The van der Waals surface area contributed by atoms with Crippen LogP contribution in [-0.4, -0.2) is 6.04 Å². The first kappa shape index (κ1) is 14.1. The fourth-order valence-electron chi connectivity index (χ4n) is 3.22. The van der Waals surface area contributed by atoms with E-state index >= 15 is 0 Å². The summed E-state index contributed by atoms with van der Waals surface area (Å²) in [6.45, 7) is 4.62. The molecule has 2 heteroatoms. The number of nitrogens with one attached hydrogen (secondary N) is 1. The Morgan fingerprint density at radius 3 is 2.94 bits per heavy atom. The Balaban J connectivity index is 1.79. The van der Waals surface area contributed by atoms with Gasteiger partial charge in [-0.05, 0) is 43.6 Å². The predicted octanol–water partition coefficient (Wildman–Crippen LogP) is 5.15. The molecule has 0 saturated heterocycles. The smallest absolute Gasteiger partial charge is 0.0388 e. The van der Waals surface area contributed by atoms with E-state index in [1.54, 1.807) is 0 Å². The number of hydrogen-bond donors (Lipinski definition) is 1.